The fraction of sp³-hybridized carbons (Fsp3) is 0.353. The van der Waals surface area contributed by atoms with Gasteiger partial charge >= 0.3 is 0 Å². The number of hydrogen-bond acceptors (Lipinski definition) is 3. The van der Waals surface area contributed by atoms with E-state index in [4.69, 9.17) is 0 Å². The molecule has 0 radical (unpaired) electrons. The maximum atomic E-state index is 12.4. The SMILES string of the molecule is Cc1ccc(CNC(=O)c2ncnc3c2CCCC3)cc1. The fourth-order valence-corrected chi connectivity index (χ4v) is 2.69. The van der Waals surface area contributed by atoms with E-state index in [1.165, 1.54) is 11.9 Å². The number of carbonyl (C=O) groups excluding carboxylic acids is 1. The summed E-state index contributed by atoms with van der Waals surface area (Å²) in [6.07, 6.45) is 5.62. The molecular weight excluding hydrogens is 262 g/mol. The molecule has 0 bridgehead atoms. The highest BCUT2D eigenvalue weighted by molar-refractivity contribution is 5.93. The van der Waals surface area contributed by atoms with E-state index in [0.29, 0.717) is 12.2 Å². The zero-order valence-corrected chi connectivity index (χ0v) is 12.2. The number of aryl methyl sites for hydroxylation is 2. The third-order valence-corrected chi connectivity index (χ3v) is 3.91. The molecule has 1 aliphatic carbocycles. The van der Waals surface area contributed by atoms with Crippen LogP contribution in [-0.4, -0.2) is 15.9 Å². The van der Waals surface area contributed by atoms with E-state index >= 15 is 0 Å². The van der Waals surface area contributed by atoms with E-state index in [9.17, 15) is 4.79 Å². The zero-order valence-electron chi connectivity index (χ0n) is 12.2. The summed E-state index contributed by atoms with van der Waals surface area (Å²) in [6, 6.07) is 8.16. The average Bonchev–Trinajstić information content (AvgIpc) is 2.53. The van der Waals surface area contributed by atoms with Gasteiger partial charge in [0.2, 0.25) is 0 Å². The van der Waals surface area contributed by atoms with Crippen molar-refractivity contribution in [2.75, 3.05) is 0 Å². The topological polar surface area (TPSA) is 54.9 Å². The molecule has 1 amide bonds. The minimum atomic E-state index is -0.101. The van der Waals surface area contributed by atoms with Crippen molar-refractivity contribution in [1.29, 1.82) is 0 Å². The summed E-state index contributed by atoms with van der Waals surface area (Å²) in [7, 11) is 0. The molecule has 1 aromatic heterocycles. The molecule has 1 N–H and O–H groups in total. The first-order valence-corrected chi connectivity index (χ1v) is 7.40. The Hall–Kier alpha value is -2.23. The second-order valence-electron chi connectivity index (χ2n) is 5.52. The van der Waals surface area contributed by atoms with E-state index in [-0.39, 0.29) is 5.91 Å². The number of nitrogens with one attached hydrogen (secondary N) is 1. The van der Waals surface area contributed by atoms with E-state index in [1.807, 2.05) is 24.3 Å². The minimum Gasteiger partial charge on any atom is -0.347 e. The van der Waals surface area contributed by atoms with Crippen molar-refractivity contribution >= 4 is 5.91 Å². The number of amides is 1. The average molecular weight is 281 g/mol. The summed E-state index contributed by atoms with van der Waals surface area (Å²) in [5.74, 6) is -0.101. The lowest BCUT2D eigenvalue weighted by molar-refractivity contribution is 0.0944. The lowest BCUT2D eigenvalue weighted by Crippen LogP contribution is -2.26. The first kappa shape index (κ1) is 13.7. The summed E-state index contributed by atoms with van der Waals surface area (Å²) in [6.45, 7) is 2.58. The van der Waals surface area contributed by atoms with Crippen LogP contribution < -0.4 is 5.32 Å². The van der Waals surface area contributed by atoms with Crippen LogP contribution in [0.5, 0.6) is 0 Å². The van der Waals surface area contributed by atoms with Crippen LogP contribution >= 0.6 is 0 Å². The minimum absolute atomic E-state index is 0.101. The maximum Gasteiger partial charge on any atom is 0.270 e. The van der Waals surface area contributed by atoms with Crippen LogP contribution in [0.15, 0.2) is 30.6 Å². The molecule has 1 aromatic carbocycles. The van der Waals surface area contributed by atoms with E-state index in [0.717, 1.165) is 42.5 Å². The predicted octanol–water partition coefficient (Wildman–Crippen LogP) is 2.59. The molecule has 0 saturated carbocycles. The van der Waals surface area contributed by atoms with Gasteiger partial charge in [-0.2, -0.15) is 0 Å². The Bertz CT molecular complexity index is 650. The van der Waals surface area contributed by atoms with Gasteiger partial charge in [0.05, 0.1) is 0 Å². The standard InChI is InChI=1S/C17H19N3O/c1-12-6-8-13(9-7-12)10-18-17(21)16-14-4-2-3-5-15(14)19-11-20-16/h6-9,11H,2-5,10H2,1H3,(H,18,21). The maximum absolute atomic E-state index is 12.4. The van der Waals surface area contributed by atoms with E-state index < -0.39 is 0 Å². The van der Waals surface area contributed by atoms with Gasteiger partial charge in [-0.05, 0) is 38.2 Å². The first-order chi connectivity index (χ1) is 10.2. The van der Waals surface area contributed by atoms with Crippen LogP contribution in [0.4, 0.5) is 0 Å². The predicted molar refractivity (Wildman–Crippen MR) is 81.0 cm³/mol. The molecule has 2 aromatic rings. The second-order valence-corrected chi connectivity index (χ2v) is 5.52. The van der Waals surface area contributed by atoms with Crippen LogP contribution in [0.2, 0.25) is 0 Å². The molecule has 1 aliphatic rings. The van der Waals surface area contributed by atoms with Crippen molar-refractivity contribution in [2.45, 2.75) is 39.2 Å². The Morgan fingerprint density at radius 1 is 1.14 bits per heavy atom. The number of carbonyl (C=O) groups is 1. The Morgan fingerprint density at radius 3 is 2.71 bits per heavy atom. The highest BCUT2D eigenvalue weighted by atomic mass is 16.1. The van der Waals surface area contributed by atoms with Gasteiger partial charge in [0.1, 0.15) is 12.0 Å². The van der Waals surface area contributed by atoms with Gasteiger partial charge in [0.25, 0.3) is 5.91 Å². The Labute approximate surface area is 124 Å². The smallest absolute Gasteiger partial charge is 0.270 e. The van der Waals surface area contributed by atoms with Crippen LogP contribution in [0.3, 0.4) is 0 Å². The van der Waals surface area contributed by atoms with E-state index in [2.05, 4.69) is 22.2 Å². The molecule has 0 unspecified atom stereocenters. The molecule has 21 heavy (non-hydrogen) atoms. The second kappa shape index (κ2) is 6.04. The normalized spacial score (nSPS) is 13.6. The molecule has 0 spiro atoms. The molecular formula is C17H19N3O. The van der Waals surface area contributed by atoms with Gasteiger partial charge in [-0.3, -0.25) is 4.79 Å². The Kier molecular flexibility index (Phi) is 3.95. The van der Waals surface area contributed by atoms with Crippen LogP contribution in [0, 0.1) is 6.92 Å². The monoisotopic (exact) mass is 281 g/mol. The molecule has 0 aliphatic heterocycles. The van der Waals surface area contributed by atoms with Gasteiger partial charge in [-0.1, -0.05) is 29.8 Å². The Morgan fingerprint density at radius 2 is 1.90 bits per heavy atom. The molecule has 0 saturated heterocycles. The van der Waals surface area contributed by atoms with E-state index in [1.54, 1.807) is 0 Å². The first-order valence-electron chi connectivity index (χ1n) is 7.40. The van der Waals surface area contributed by atoms with Gasteiger partial charge in [0.15, 0.2) is 0 Å². The van der Waals surface area contributed by atoms with Crippen LogP contribution in [0.25, 0.3) is 0 Å². The van der Waals surface area contributed by atoms with Gasteiger partial charge < -0.3 is 5.32 Å². The lowest BCUT2D eigenvalue weighted by Gasteiger charge is -2.16. The fourth-order valence-electron chi connectivity index (χ4n) is 2.69. The summed E-state index contributed by atoms with van der Waals surface area (Å²) >= 11 is 0. The summed E-state index contributed by atoms with van der Waals surface area (Å²) in [5, 5.41) is 2.96. The molecule has 1 heterocycles. The molecule has 108 valence electrons. The van der Waals surface area contributed by atoms with Crippen LogP contribution in [-0.2, 0) is 19.4 Å². The van der Waals surface area contributed by atoms with Crippen LogP contribution in [0.1, 0.15) is 45.7 Å². The Balaban J connectivity index is 1.72. The quantitative estimate of drug-likeness (QED) is 0.941. The highest BCUT2D eigenvalue weighted by Gasteiger charge is 2.19. The summed E-state index contributed by atoms with van der Waals surface area (Å²) in [4.78, 5) is 20.8. The molecule has 3 rings (SSSR count). The third-order valence-electron chi connectivity index (χ3n) is 3.91. The van der Waals surface area contributed by atoms with Gasteiger partial charge in [-0.15, -0.1) is 0 Å². The van der Waals surface area contributed by atoms with Gasteiger partial charge in [0, 0.05) is 17.8 Å². The van der Waals surface area contributed by atoms with Gasteiger partial charge in [-0.25, -0.2) is 9.97 Å². The number of aromatic nitrogens is 2. The van der Waals surface area contributed by atoms with Crippen molar-refractivity contribution in [3.63, 3.8) is 0 Å². The number of hydrogen-bond donors (Lipinski definition) is 1. The van der Waals surface area contributed by atoms with Crippen molar-refractivity contribution in [1.82, 2.24) is 15.3 Å². The lowest BCUT2D eigenvalue weighted by atomic mass is 9.94. The molecule has 4 nitrogen and oxygen atoms in total. The summed E-state index contributed by atoms with van der Waals surface area (Å²) in [5.41, 5.74) is 4.93. The molecule has 0 atom stereocenters. The van der Waals surface area contributed by atoms with Crippen molar-refractivity contribution in [2.24, 2.45) is 0 Å². The van der Waals surface area contributed by atoms with Crippen molar-refractivity contribution < 1.29 is 4.79 Å². The molecule has 4 heteroatoms. The van der Waals surface area contributed by atoms with Crippen molar-refractivity contribution in [3.8, 4) is 0 Å². The highest BCUT2D eigenvalue weighted by Crippen LogP contribution is 2.21. The molecule has 0 fully saturated rings. The number of fused-ring (bicyclic) bond motifs is 1. The third kappa shape index (κ3) is 3.10. The number of rotatable bonds is 3. The number of benzene rings is 1. The largest absolute Gasteiger partial charge is 0.347 e. The number of nitrogens with zero attached hydrogens (tertiary/aromatic N) is 2. The summed E-state index contributed by atoms with van der Waals surface area (Å²) < 4.78 is 0. The van der Waals surface area contributed by atoms with Crippen molar-refractivity contribution in [3.05, 3.63) is 58.7 Å². The zero-order chi connectivity index (χ0) is 14.7.